The minimum absolute atomic E-state index is 0.228. The minimum Gasteiger partial charge on any atom is -0.349 e. The molecule has 6 rings (SSSR count). The number of imide groups is 1. The summed E-state index contributed by atoms with van der Waals surface area (Å²) in [4.78, 5) is 56.5. The Hall–Kier alpha value is -3.17. The van der Waals surface area contributed by atoms with E-state index in [1.165, 1.54) is 0 Å². The molecular formula is C28H20INO5. The first kappa shape index (κ1) is 22.3. The summed E-state index contributed by atoms with van der Waals surface area (Å²) < 4.78 is 7.05. The first-order chi connectivity index (χ1) is 16.9. The molecule has 3 atom stereocenters. The summed E-state index contributed by atoms with van der Waals surface area (Å²) >= 11 is 2.08. The molecule has 174 valence electrons. The number of benzene rings is 3. The largest absolute Gasteiger partial charge is 0.349 e. The lowest BCUT2D eigenvalue weighted by Crippen LogP contribution is -2.51. The SMILES string of the molecule is CCc1ccc([C@@H]2OC3(C(=O)c4ccccc4C3=O)[C@H]3C(=O)N(c4ccccc4I)C(=O)[C@H]23)cc1. The second-order valence-electron chi connectivity index (χ2n) is 9.04. The second kappa shape index (κ2) is 7.93. The van der Waals surface area contributed by atoms with E-state index in [-0.39, 0.29) is 11.1 Å². The van der Waals surface area contributed by atoms with E-state index < -0.39 is 46.9 Å². The van der Waals surface area contributed by atoms with Crippen LogP contribution in [0, 0.1) is 15.4 Å². The van der Waals surface area contributed by atoms with Crippen molar-refractivity contribution in [2.75, 3.05) is 4.90 Å². The number of anilines is 1. The van der Waals surface area contributed by atoms with Gasteiger partial charge in [0.15, 0.2) is 0 Å². The number of nitrogens with zero attached hydrogens (tertiary/aromatic N) is 1. The van der Waals surface area contributed by atoms with Crippen LogP contribution >= 0.6 is 22.6 Å². The fourth-order valence-electron chi connectivity index (χ4n) is 5.63. The Morgan fingerprint density at radius 1 is 0.829 bits per heavy atom. The number of ether oxygens (including phenoxy) is 1. The Morgan fingerprint density at radius 2 is 1.43 bits per heavy atom. The van der Waals surface area contributed by atoms with E-state index >= 15 is 0 Å². The van der Waals surface area contributed by atoms with Gasteiger partial charge in [-0.3, -0.25) is 19.2 Å². The average Bonchev–Trinajstić information content (AvgIpc) is 3.45. The lowest BCUT2D eigenvalue weighted by Gasteiger charge is -2.27. The van der Waals surface area contributed by atoms with E-state index in [9.17, 15) is 19.2 Å². The van der Waals surface area contributed by atoms with E-state index in [0.29, 0.717) is 11.3 Å². The number of hydrogen-bond acceptors (Lipinski definition) is 5. The lowest BCUT2D eigenvalue weighted by molar-refractivity contribution is -0.127. The first-order valence-electron chi connectivity index (χ1n) is 11.5. The van der Waals surface area contributed by atoms with Gasteiger partial charge in [-0.15, -0.1) is 0 Å². The number of Topliss-reactive ketones (excluding diaryl/α,β-unsaturated/α-hetero) is 2. The van der Waals surface area contributed by atoms with Crippen LogP contribution in [-0.4, -0.2) is 29.0 Å². The fraction of sp³-hybridized carbons (Fsp3) is 0.214. The molecule has 0 radical (unpaired) electrons. The Balaban J connectivity index is 1.54. The molecule has 0 bridgehead atoms. The molecule has 0 N–H and O–H groups in total. The lowest BCUT2D eigenvalue weighted by atomic mass is 9.77. The standard InChI is InChI=1S/C28H20INO5/c1-2-15-11-13-16(14-12-15)23-21-22(27(34)30(26(21)33)20-10-6-5-9-19(20)29)28(35-23)24(31)17-7-3-4-8-18(17)25(28)32/h3-14,21-23H,2H2,1H3/t21-,22+,23-/m0/s1. The Morgan fingerprint density at radius 3 is 2.03 bits per heavy atom. The van der Waals surface area contributed by atoms with E-state index in [4.69, 9.17) is 4.74 Å². The molecule has 35 heavy (non-hydrogen) atoms. The van der Waals surface area contributed by atoms with Gasteiger partial charge >= 0.3 is 0 Å². The highest BCUT2D eigenvalue weighted by atomic mass is 127. The Labute approximate surface area is 215 Å². The molecule has 6 nitrogen and oxygen atoms in total. The van der Waals surface area contributed by atoms with Crippen molar-refractivity contribution >= 4 is 51.7 Å². The van der Waals surface area contributed by atoms with Gasteiger partial charge in [-0.05, 0) is 52.3 Å². The van der Waals surface area contributed by atoms with E-state index in [1.807, 2.05) is 37.3 Å². The molecule has 2 aliphatic heterocycles. The number of halogens is 1. The number of fused-ring (bicyclic) bond motifs is 3. The summed E-state index contributed by atoms with van der Waals surface area (Å²) in [6.07, 6.45) is -0.0675. The summed E-state index contributed by atoms with van der Waals surface area (Å²) in [5.74, 6) is -4.37. The molecule has 3 aromatic carbocycles. The van der Waals surface area contributed by atoms with Crippen LogP contribution in [0.3, 0.4) is 0 Å². The van der Waals surface area contributed by atoms with Crippen molar-refractivity contribution in [3.63, 3.8) is 0 Å². The smallest absolute Gasteiger partial charge is 0.241 e. The normalized spacial score (nSPS) is 24.4. The van der Waals surface area contributed by atoms with Crippen molar-refractivity contribution < 1.29 is 23.9 Å². The number of carbonyl (C=O) groups is 4. The van der Waals surface area contributed by atoms with E-state index in [0.717, 1.165) is 20.5 Å². The van der Waals surface area contributed by atoms with Gasteiger partial charge in [0.25, 0.3) is 0 Å². The Kier molecular flexibility index (Phi) is 5.05. The molecule has 1 aliphatic carbocycles. The molecule has 2 heterocycles. The first-order valence-corrected chi connectivity index (χ1v) is 12.6. The van der Waals surface area contributed by atoms with Gasteiger partial charge in [-0.25, -0.2) is 4.90 Å². The zero-order valence-corrected chi connectivity index (χ0v) is 20.9. The van der Waals surface area contributed by atoms with Crippen molar-refractivity contribution in [3.05, 3.63) is 98.6 Å². The van der Waals surface area contributed by atoms with E-state index in [2.05, 4.69) is 22.6 Å². The van der Waals surface area contributed by atoms with Gasteiger partial charge in [-0.2, -0.15) is 0 Å². The van der Waals surface area contributed by atoms with Crippen LogP contribution < -0.4 is 4.90 Å². The monoisotopic (exact) mass is 577 g/mol. The molecule has 0 unspecified atom stereocenters. The molecule has 2 amide bonds. The van der Waals surface area contributed by atoms with Crippen molar-refractivity contribution in [1.82, 2.24) is 0 Å². The Bertz CT molecular complexity index is 1390. The van der Waals surface area contributed by atoms with Gasteiger partial charge in [-0.1, -0.05) is 67.6 Å². The van der Waals surface area contributed by atoms with Crippen LogP contribution in [0.15, 0.2) is 72.8 Å². The highest BCUT2D eigenvalue weighted by molar-refractivity contribution is 14.1. The summed E-state index contributed by atoms with van der Waals surface area (Å²) in [5, 5.41) is 0. The third-order valence-electron chi connectivity index (χ3n) is 7.33. The van der Waals surface area contributed by atoms with Crippen LogP contribution in [0.25, 0.3) is 0 Å². The quantitative estimate of drug-likeness (QED) is 0.259. The predicted molar refractivity (Wildman–Crippen MR) is 136 cm³/mol. The predicted octanol–water partition coefficient (Wildman–Crippen LogP) is 4.55. The van der Waals surface area contributed by atoms with Crippen LogP contribution in [0.1, 0.15) is 44.9 Å². The molecular weight excluding hydrogens is 557 g/mol. The maximum absolute atomic E-state index is 13.9. The van der Waals surface area contributed by atoms with Gasteiger partial charge in [0.2, 0.25) is 29.0 Å². The van der Waals surface area contributed by atoms with Crippen LogP contribution in [0.2, 0.25) is 0 Å². The van der Waals surface area contributed by atoms with Crippen LogP contribution in [0.4, 0.5) is 5.69 Å². The maximum atomic E-state index is 13.9. The maximum Gasteiger partial charge on any atom is 0.241 e. The number of aryl methyl sites for hydroxylation is 1. The minimum atomic E-state index is -2.05. The third kappa shape index (κ3) is 2.91. The van der Waals surface area contributed by atoms with Gasteiger partial charge < -0.3 is 4.74 Å². The third-order valence-corrected chi connectivity index (χ3v) is 8.24. The second-order valence-corrected chi connectivity index (χ2v) is 10.2. The number of ketones is 2. The molecule has 1 spiro atoms. The van der Waals surface area contributed by atoms with Crippen molar-refractivity contribution in [3.8, 4) is 0 Å². The number of carbonyl (C=O) groups excluding carboxylic acids is 4. The highest BCUT2D eigenvalue weighted by Crippen LogP contribution is 2.57. The topological polar surface area (TPSA) is 80.8 Å². The molecule has 0 saturated carbocycles. The zero-order chi connectivity index (χ0) is 24.5. The van der Waals surface area contributed by atoms with Gasteiger partial charge in [0.05, 0.1) is 23.6 Å². The summed E-state index contributed by atoms with van der Waals surface area (Å²) in [6, 6.07) is 21.2. The van der Waals surface area contributed by atoms with Crippen molar-refractivity contribution in [1.29, 1.82) is 0 Å². The fourth-order valence-corrected chi connectivity index (χ4v) is 6.26. The molecule has 3 aliphatic rings. The average molecular weight is 577 g/mol. The van der Waals surface area contributed by atoms with Gasteiger partial charge in [0, 0.05) is 14.7 Å². The summed E-state index contributed by atoms with van der Waals surface area (Å²) in [7, 11) is 0. The summed E-state index contributed by atoms with van der Waals surface area (Å²) in [5.41, 5.74) is 0.620. The molecule has 7 heteroatoms. The molecule has 0 aromatic heterocycles. The van der Waals surface area contributed by atoms with Crippen molar-refractivity contribution in [2.24, 2.45) is 11.8 Å². The molecule has 3 aromatic rings. The molecule has 2 fully saturated rings. The van der Waals surface area contributed by atoms with E-state index in [1.54, 1.807) is 42.5 Å². The number of amides is 2. The van der Waals surface area contributed by atoms with Crippen LogP contribution in [0.5, 0.6) is 0 Å². The van der Waals surface area contributed by atoms with Crippen molar-refractivity contribution in [2.45, 2.75) is 25.0 Å². The zero-order valence-electron chi connectivity index (χ0n) is 18.7. The summed E-state index contributed by atoms with van der Waals surface area (Å²) in [6.45, 7) is 2.04. The number of rotatable bonds is 3. The van der Waals surface area contributed by atoms with Gasteiger partial charge in [0.1, 0.15) is 0 Å². The molecule has 2 saturated heterocycles. The number of hydrogen-bond donors (Lipinski definition) is 0. The highest BCUT2D eigenvalue weighted by Gasteiger charge is 2.74. The number of para-hydroxylation sites is 1. The van der Waals surface area contributed by atoms with Crippen LogP contribution in [-0.2, 0) is 20.7 Å².